The Bertz CT molecular complexity index is 151. The van der Waals surface area contributed by atoms with Crippen molar-refractivity contribution in [1.29, 1.82) is 0 Å². The third-order valence-corrected chi connectivity index (χ3v) is 1.94. The SMILES string of the molecule is OC1(O)C(O)(O)C(O)(O)C1(O)O. The number of aliphatic hydroxyl groups is 8. The summed E-state index contributed by atoms with van der Waals surface area (Å²) in [4.78, 5) is 0. The van der Waals surface area contributed by atoms with E-state index in [1.165, 1.54) is 0 Å². The molecular formula is C4H8O8. The first kappa shape index (κ1) is 9.77. The molecule has 0 aromatic carbocycles. The molecule has 1 aliphatic rings. The first-order valence-electron chi connectivity index (χ1n) is 2.79. The highest BCUT2D eigenvalue weighted by atomic mass is 16.7. The Morgan fingerprint density at radius 3 is 0.500 bits per heavy atom. The summed E-state index contributed by atoms with van der Waals surface area (Å²) in [5.74, 6) is -15.3. The molecule has 72 valence electrons. The Morgan fingerprint density at radius 2 is 0.417 bits per heavy atom. The van der Waals surface area contributed by atoms with Crippen LogP contribution in [0.3, 0.4) is 0 Å². The fraction of sp³-hybridized carbons (Fsp3) is 1.00. The van der Waals surface area contributed by atoms with E-state index in [0.29, 0.717) is 0 Å². The van der Waals surface area contributed by atoms with Crippen molar-refractivity contribution in [2.24, 2.45) is 0 Å². The smallest absolute Gasteiger partial charge is 0.286 e. The molecule has 1 fully saturated rings. The molecule has 0 bridgehead atoms. The highest BCUT2D eigenvalue weighted by molar-refractivity contribution is 5.19. The monoisotopic (exact) mass is 184 g/mol. The average molecular weight is 184 g/mol. The number of rotatable bonds is 0. The first-order valence-corrected chi connectivity index (χ1v) is 2.79. The van der Waals surface area contributed by atoms with Crippen molar-refractivity contribution in [3.63, 3.8) is 0 Å². The Morgan fingerprint density at radius 1 is 0.333 bits per heavy atom. The van der Waals surface area contributed by atoms with Crippen LogP contribution >= 0.6 is 0 Å². The van der Waals surface area contributed by atoms with Crippen LogP contribution in [-0.4, -0.2) is 64.0 Å². The minimum Gasteiger partial charge on any atom is -0.357 e. The molecule has 8 nitrogen and oxygen atoms in total. The van der Waals surface area contributed by atoms with Crippen LogP contribution in [0.15, 0.2) is 0 Å². The average Bonchev–Trinajstić information content (AvgIpc) is 1.84. The lowest BCUT2D eigenvalue weighted by molar-refractivity contribution is -0.636. The van der Waals surface area contributed by atoms with Crippen LogP contribution in [0.25, 0.3) is 0 Å². The second kappa shape index (κ2) is 1.78. The molecule has 0 saturated heterocycles. The Labute approximate surface area is 65.2 Å². The van der Waals surface area contributed by atoms with Crippen LogP contribution in [0.4, 0.5) is 0 Å². The molecule has 8 N–H and O–H groups in total. The van der Waals surface area contributed by atoms with Crippen LogP contribution in [0, 0.1) is 0 Å². The molecule has 1 aliphatic carbocycles. The molecule has 0 aromatic heterocycles. The van der Waals surface area contributed by atoms with E-state index in [-0.39, 0.29) is 0 Å². The quantitative estimate of drug-likeness (QED) is 0.173. The second-order valence-corrected chi connectivity index (χ2v) is 2.69. The molecule has 0 radical (unpaired) electrons. The van der Waals surface area contributed by atoms with Gasteiger partial charge in [-0.1, -0.05) is 0 Å². The molecular weight excluding hydrogens is 176 g/mol. The lowest BCUT2D eigenvalue weighted by atomic mass is 9.70. The number of hydrogen-bond acceptors (Lipinski definition) is 8. The Kier molecular flexibility index (Phi) is 1.45. The predicted octanol–water partition coefficient (Wildman–Crippen LogP) is -5.28. The van der Waals surface area contributed by atoms with Crippen molar-refractivity contribution in [3.05, 3.63) is 0 Å². The maximum Gasteiger partial charge on any atom is 0.286 e. The summed E-state index contributed by atoms with van der Waals surface area (Å²) in [6.07, 6.45) is 0. The predicted molar refractivity (Wildman–Crippen MR) is 28.7 cm³/mol. The molecule has 12 heavy (non-hydrogen) atoms. The van der Waals surface area contributed by atoms with E-state index in [1.54, 1.807) is 0 Å². The molecule has 0 heterocycles. The normalized spacial score (nSPS) is 34.0. The van der Waals surface area contributed by atoms with Gasteiger partial charge in [0.05, 0.1) is 0 Å². The lowest BCUT2D eigenvalue weighted by Gasteiger charge is -2.60. The summed E-state index contributed by atoms with van der Waals surface area (Å²) in [6.45, 7) is 0. The highest BCUT2D eigenvalue weighted by Gasteiger charge is 2.90. The molecule has 0 aromatic rings. The third kappa shape index (κ3) is 0.573. The van der Waals surface area contributed by atoms with Gasteiger partial charge in [0.25, 0.3) is 23.1 Å². The van der Waals surface area contributed by atoms with Gasteiger partial charge in [-0.2, -0.15) is 0 Å². The van der Waals surface area contributed by atoms with Crippen LogP contribution in [0.1, 0.15) is 0 Å². The maximum absolute atomic E-state index is 8.54. The zero-order valence-corrected chi connectivity index (χ0v) is 5.58. The van der Waals surface area contributed by atoms with Gasteiger partial charge in [-0.05, 0) is 0 Å². The van der Waals surface area contributed by atoms with E-state index >= 15 is 0 Å². The fourth-order valence-corrected chi connectivity index (χ4v) is 0.910. The van der Waals surface area contributed by atoms with Crippen molar-refractivity contribution < 1.29 is 40.9 Å². The van der Waals surface area contributed by atoms with E-state index in [1.807, 2.05) is 0 Å². The van der Waals surface area contributed by atoms with Crippen LogP contribution in [0.5, 0.6) is 0 Å². The van der Waals surface area contributed by atoms with Crippen LogP contribution < -0.4 is 0 Å². The van der Waals surface area contributed by atoms with Crippen molar-refractivity contribution in [1.82, 2.24) is 0 Å². The molecule has 0 unspecified atom stereocenters. The molecule has 8 heteroatoms. The van der Waals surface area contributed by atoms with Crippen molar-refractivity contribution >= 4 is 0 Å². The minimum atomic E-state index is -3.83. The van der Waals surface area contributed by atoms with Crippen LogP contribution in [0.2, 0.25) is 0 Å². The third-order valence-electron chi connectivity index (χ3n) is 1.94. The van der Waals surface area contributed by atoms with E-state index < -0.39 is 23.1 Å². The van der Waals surface area contributed by atoms with Gasteiger partial charge in [-0.15, -0.1) is 0 Å². The molecule has 1 rings (SSSR count). The Hall–Kier alpha value is -0.320. The Balaban J connectivity index is 3.16. The summed E-state index contributed by atoms with van der Waals surface area (Å²) in [5, 5.41) is 68.3. The number of hydrogen-bond donors (Lipinski definition) is 8. The zero-order chi connectivity index (χ0) is 10.0. The fourth-order valence-electron chi connectivity index (χ4n) is 0.910. The summed E-state index contributed by atoms with van der Waals surface area (Å²) < 4.78 is 0. The van der Waals surface area contributed by atoms with E-state index in [9.17, 15) is 0 Å². The van der Waals surface area contributed by atoms with Gasteiger partial charge in [-0.3, -0.25) is 0 Å². The summed E-state index contributed by atoms with van der Waals surface area (Å²) in [7, 11) is 0. The van der Waals surface area contributed by atoms with Crippen molar-refractivity contribution in [2.45, 2.75) is 23.1 Å². The first-order chi connectivity index (χ1) is 5.00. The second-order valence-electron chi connectivity index (χ2n) is 2.69. The lowest BCUT2D eigenvalue weighted by Crippen LogP contribution is -2.95. The van der Waals surface area contributed by atoms with Crippen molar-refractivity contribution in [2.75, 3.05) is 0 Å². The van der Waals surface area contributed by atoms with Gasteiger partial charge >= 0.3 is 0 Å². The highest BCUT2D eigenvalue weighted by Crippen LogP contribution is 2.52. The molecule has 0 aliphatic heterocycles. The summed E-state index contributed by atoms with van der Waals surface area (Å²) in [5.41, 5.74) is 0. The minimum absolute atomic E-state index is 3.83. The molecule has 1 saturated carbocycles. The van der Waals surface area contributed by atoms with Crippen LogP contribution in [-0.2, 0) is 0 Å². The van der Waals surface area contributed by atoms with E-state index in [4.69, 9.17) is 40.9 Å². The molecule has 0 amide bonds. The zero-order valence-electron chi connectivity index (χ0n) is 5.58. The van der Waals surface area contributed by atoms with Gasteiger partial charge in [0.1, 0.15) is 0 Å². The van der Waals surface area contributed by atoms with Gasteiger partial charge in [0.15, 0.2) is 0 Å². The largest absolute Gasteiger partial charge is 0.357 e. The topological polar surface area (TPSA) is 162 Å². The van der Waals surface area contributed by atoms with Gasteiger partial charge < -0.3 is 40.9 Å². The van der Waals surface area contributed by atoms with Crippen molar-refractivity contribution in [3.8, 4) is 0 Å². The van der Waals surface area contributed by atoms with E-state index in [2.05, 4.69) is 0 Å². The maximum atomic E-state index is 8.54. The van der Waals surface area contributed by atoms with Gasteiger partial charge in [0.2, 0.25) is 0 Å². The summed E-state index contributed by atoms with van der Waals surface area (Å²) in [6, 6.07) is 0. The molecule has 0 spiro atoms. The summed E-state index contributed by atoms with van der Waals surface area (Å²) >= 11 is 0. The standard InChI is InChI=1S/C4H8O8/c5-1(6)2(7,8)4(11,12)3(1,9)10/h5-12H. The molecule has 0 atom stereocenters. The van der Waals surface area contributed by atoms with Gasteiger partial charge in [-0.25, -0.2) is 0 Å². The van der Waals surface area contributed by atoms with Gasteiger partial charge in [0, 0.05) is 0 Å². The van der Waals surface area contributed by atoms with E-state index in [0.717, 1.165) is 0 Å².